The molecular weight excluding hydrogens is 342 g/mol. The van der Waals surface area contributed by atoms with E-state index in [1.807, 2.05) is 43.4 Å². The maximum Gasteiger partial charge on any atom is 0.119 e. The van der Waals surface area contributed by atoms with Gasteiger partial charge in [-0.3, -0.25) is 4.90 Å². The number of fused-ring (bicyclic) bond motifs is 1. The Morgan fingerprint density at radius 2 is 2.11 bits per heavy atom. The van der Waals surface area contributed by atoms with Gasteiger partial charge in [0.05, 0.1) is 24.5 Å². The first-order chi connectivity index (χ1) is 13.2. The molecule has 0 spiro atoms. The Labute approximate surface area is 161 Å². The molecule has 1 aromatic carbocycles. The van der Waals surface area contributed by atoms with Crippen molar-refractivity contribution in [1.29, 1.82) is 0 Å². The first kappa shape index (κ1) is 18.5. The van der Waals surface area contributed by atoms with Crippen molar-refractivity contribution in [2.45, 2.75) is 50.0 Å². The molecule has 1 saturated carbocycles. The van der Waals surface area contributed by atoms with Crippen molar-refractivity contribution in [3.05, 3.63) is 42.2 Å². The minimum absolute atomic E-state index is 0.0419. The van der Waals surface area contributed by atoms with Crippen LogP contribution in [0.15, 0.2) is 36.7 Å². The molecule has 6 nitrogen and oxygen atoms in total. The molecule has 2 heterocycles. The lowest BCUT2D eigenvalue weighted by Gasteiger charge is -2.43. The number of rotatable bonds is 6. The topological polar surface area (TPSA) is 48.8 Å². The summed E-state index contributed by atoms with van der Waals surface area (Å²) in [5.41, 5.74) is 2.26. The normalized spacial score (nSPS) is 28.3. The summed E-state index contributed by atoms with van der Waals surface area (Å²) in [4.78, 5) is 2.55. The van der Waals surface area contributed by atoms with E-state index >= 15 is 0 Å². The van der Waals surface area contributed by atoms with Crippen LogP contribution in [0.2, 0.25) is 0 Å². The second-order valence-corrected chi connectivity index (χ2v) is 7.58. The van der Waals surface area contributed by atoms with Crippen LogP contribution >= 0.6 is 0 Å². The van der Waals surface area contributed by atoms with Gasteiger partial charge in [-0.25, -0.2) is 4.68 Å². The third kappa shape index (κ3) is 3.37. The lowest BCUT2D eigenvalue weighted by Crippen LogP contribution is -2.51. The molecule has 2 aliphatic rings. The monoisotopic (exact) mass is 371 g/mol. The standard InChI is InChI=1S/C21H29N3O3/c1-25-17-5-6-19(24-11-4-10-22-24)16(13-17)15-23-12-9-21(27-3)8-7-18(26-2)14-20(21)23/h4-6,10-11,13,18,20H,7-9,12,14-15H2,1-3H3/t18-,20+,21-/m1/s1. The van der Waals surface area contributed by atoms with Crippen LogP contribution in [0.4, 0.5) is 0 Å². The number of likely N-dealkylation sites (tertiary alicyclic amines) is 1. The fourth-order valence-electron chi connectivity index (χ4n) is 4.83. The van der Waals surface area contributed by atoms with Gasteiger partial charge in [-0.2, -0.15) is 5.10 Å². The molecule has 0 unspecified atom stereocenters. The van der Waals surface area contributed by atoms with Crippen molar-refractivity contribution in [2.24, 2.45) is 0 Å². The van der Waals surface area contributed by atoms with Gasteiger partial charge in [0.25, 0.3) is 0 Å². The van der Waals surface area contributed by atoms with Crippen molar-refractivity contribution >= 4 is 0 Å². The Bertz CT molecular complexity index is 764. The van der Waals surface area contributed by atoms with Gasteiger partial charge in [0.1, 0.15) is 5.75 Å². The zero-order chi connectivity index (χ0) is 18.9. The van der Waals surface area contributed by atoms with Crippen LogP contribution in [-0.4, -0.2) is 60.3 Å². The third-order valence-corrected chi connectivity index (χ3v) is 6.40. The highest BCUT2D eigenvalue weighted by molar-refractivity contribution is 5.45. The lowest BCUT2D eigenvalue weighted by atomic mass is 9.79. The van der Waals surface area contributed by atoms with Gasteiger partial charge in [0, 0.05) is 45.7 Å². The average Bonchev–Trinajstić information content (AvgIpc) is 3.36. The number of benzene rings is 1. The predicted octanol–water partition coefficient (Wildman–Crippen LogP) is 3.04. The minimum atomic E-state index is -0.0419. The lowest BCUT2D eigenvalue weighted by molar-refractivity contribution is -0.0947. The Balaban J connectivity index is 1.63. The van der Waals surface area contributed by atoms with Crippen molar-refractivity contribution in [3.63, 3.8) is 0 Å². The zero-order valence-electron chi connectivity index (χ0n) is 16.4. The number of ether oxygens (including phenoxy) is 3. The van der Waals surface area contributed by atoms with E-state index < -0.39 is 0 Å². The van der Waals surface area contributed by atoms with Crippen LogP contribution in [0.5, 0.6) is 5.75 Å². The van der Waals surface area contributed by atoms with Crippen LogP contribution in [0.25, 0.3) is 5.69 Å². The molecule has 4 rings (SSSR count). The number of hydrogen-bond donors (Lipinski definition) is 0. The maximum atomic E-state index is 6.07. The molecule has 2 fully saturated rings. The smallest absolute Gasteiger partial charge is 0.119 e. The van der Waals surface area contributed by atoms with Gasteiger partial charge in [0.2, 0.25) is 0 Å². The van der Waals surface area contributed by atoms with E-state index in [0.717, 1.165) is 50.2 Å². The van der Waals surface area contributed by atoms with E-state index in [1.54, 1.807) is 7.11 Å². The summed E-state index contributed by atoms with van der Waals surface area (Å²) >= 11 is 0. The van der Waals surface area contributed by atoms with Gasteiger partial charge in [-0.15, -0.1) is 0 Å². The highest BCUT2D eigenvalue weighted by Gasteiger charge is 2.51. The second-order valence-electron chi connectivity index (χ2n) is 7.58. The molecule has 0 amide bonds. The second kappa shape index (κ2) is 7.62. The molecule has 3 atom stereocenters. The predicted molar refractivity (Wildman–Crippen MR) is 103 cm³/mol. The molecule has 6 heteroatoms. The Hall–Kier alpha value is -1.89. The number of aromatic nitrogens is 2. The molecule has 0 bridgehead atoms. The number of methoxy groups -OCH3 is 3. The summed E-state index contributed by atoms with van der Waals surface area (Å²) in [6.07, 6.45) is 8.34. The van der Waals surface area contributed by atoms with E-state index in [4.69, 9.17) is 14.2 Å². The highest BCUT2D eigenvalue weighted by Crippen LogP contribution is 2.44. The Morgan fingerprint density at radius 3 is 2.81 bits per heavy atom. The molecule has 0 N–H and O–H groups in total. The van der Waals surface area contributed by atoms with Gasteiger partial charge >= 0.3 is 0 Å². The van der Waals surface area contributed by atoms with Crippen LogP contribution in [-0.2, 0) is 16.0 Å². The summed E-state index contributed by atoms with van der Waals surface area (Å²) in [6, 6.07) is 8.52. The van der Waals surface area contributed by atoms with E-state index in [0.29, 0.717) is 12.1 Å². The molecule has 0 radical (unpaired) electrons. The summed E-state index contributed by atoms with van der Waals surface area (Å²) in [7, 11) is 5.40. The van der Waals surface area contributed by atoms with Crippen LogP contribution in [0, 0.1) is 0 Å². The van der Waals surface area contributed by atoms with Gasteiger partial charge < -0.3 is 14.2 Å². The van der Waals surface area contributed by atoms with Gasteiger partial charge in [0.15, 0.2) is 0 Å². The van der Waals surface area contributed by atoms with E-state index in [9.17, 15) is 0 Å². The molecule has 1 aliphatic carbocycles. The summed E-state index contributed by atoms with van der Waals surface area (Å²) in [6.45, 7) is 1.88. The van der Waals surface area contributed by atoms with Crippen LogP contribution in [0.3, 0.4) is 0 Å². The fraction of sp³-hybridized carbons (Fsp3) is 0.571. The van der Waals surface area contributed by atoms with Crippen molar-refractivity contribution in [2.75, 3.05) is 27.9 Å². The first-order valence-corrected chi connectivity index (χ1v) is 9.68. The van der Waals surface area contributed by atoms with Crippen molar-refractivity contribution in [1.82, 2.24) is 14.7 Å². The third-order valence-electron chi connectivity index (χ3n) is 6.40. The molecule has 1 aliphatic heterocycles. The van der Waals surface area contributed by atoms with E-state index in [1.165, 1.54) is 5.56 Å². The maximum absolute atomic E-state index is 6.07. The first-order valence-electron chi connectivity index (χ1n) is 9.68. The van der Waals surface area contributed by atoms with Crippen molar-refractivity contribution < 1.29 is 14.2 Å². The Morgan fingerprint density at radius 1 is 1.22 bits per heavy atom. The van der Waals surface area contributed by atoms with Crippen LogP contribution in [0.1, 0.15) is 31.2 Å². The Kier molecular flexibility index (Phi) is 5.21. The van der Waals surface area contributed by atoms with Gasteiger partial charge in [-0.05, 0) is 55.5 Å². The van der Waals surface area contributed by atoms with Crippen LogP contribution < -0.4 is 4.74 Å². The SMILES string of the molecule is COc1ccc(-n2cccn2)c(CN2CC[C@]3(OC)CC[C@@H](OC)C[C@H]23)c1. The number of hydrogen-bond acceptors (Lipinski definition) is 5. The molecule has 27 heavy (non-hydrogen) atoms. The van der Waals surface area contributed by atoms with E-state index in [-0.39, 0.29) is 5.60 Å². The zero-order valence-corrected chi connectivity index (χ0v) is 16.4. The minimum Gasteiger partial charge on any atom is -0.497 e. The largest absolute Gasteiger partial charge is 0.497 e. The molecule has 146 valence electrons. The average molecular weight is 371 g/mol. The fourth-order valence-corrected chi connectivity index (χ4v) is 4.83. The van der Waals surface area contributed by atoms with E-state index in [2.05, 4.69) is 22.1 Å². The highest BCUT2D eigenvalue weighted by atomic mass is 16.5. The summed E-state index contributed by atoms with van der Waals surface area (Å²) in [5, 5.41) is 4.43. The quantitative estimate of drug-likeness (QED) is 0.781. The number of nitrogens with zero attached hydrogens (tertiary/aromatic N) is 3. The molecule has 1 saturated heterocycles. The molecule has 2 aromatic rings. The molecular formula is C21H29N3O3. The van der Waals surface area contributed by atoms with Gasteiger partial charge in [-0.1, -0.05) is 0 Å². The summed E-state index contributed by atoms with van der Waals surface area (Å²) < 4.78 is 19.2. The van der Waals surface area contributed by atoms with Crippen molar-refractivity contribution in [3.8, 4) is 11.4 Å². The molecule has 1 aromatic heterocycles. The summed E-state index contributed by atoms with van der Waals surface area (Å²) in [5.74, 6) is 0.872.